The molecule has 0 aliphatic heterocycles. The van der Waals surface area contributed by atoms with Crippen molar-refractivity contribution in [3.8, 4) is 17.2 Å². The number of ether oxygens (including phenoxy) is 3. The van der Waals surface area contributed by atoms with Crippen molar-refractivity contribution in [2.75, 3.05) is 7.11 Å². The number of carbonyl (C=O) groups is 2. The second kappa shape index (κ2) is 8.50. The lowest BCUT2D eigenvalue weighted by molar-refractivity contribution is 0.0600. The summed E-state index contributed by atoms with van der Waals surface area (Å²) in [5.74, 6) is -0.515. The average Bonchev–Trinajstić information content (AvgIpc) is 2.81. The topological polar surface area (TPSA) is 105 Å². The molecule has 0 spiro atoms. The first-order valence-electron chi connectivity index (χ1n) is 9.09. The fourth-order valence-electron chi connectivity index (χ4n) is 2.78. The smallest absolute Gasteiger partial charge is 0.345 e. The minimum atomic E-state index is -0.579. The highest BCUT2D eigenvalue weighted by atomic mass is 16.5. The van der Waals surface area contributed by atoms with Crippen LogP contribution in [0.4, 0.5) is 0 Å². The number of hydrogen-bond donors (Lipinski definition) is 0. The number of hydrogen-bond acceptors (Lipinski definition) is 8. The number of fused-ring (bicyclic) bond motifs is 1. The van der Waals surface area contributed by atoms with Crippen LogP contribution in [0.15, 0.2) is 82.5 Å². The van der Waals surface area contributed by atoms with Gasteiger partial charge < -0.3 is 18.6 Å². The van der Waals surface area contributed by atoms with E-state index in [0.717, 1.165) is 0 Å². The van der Waals surface area contributed by atoms with E-state index in [4.69, 9.17) is 13.9 Å². The molecule has 154 valence electrons. The van der Waals surface area contributed by atoms with Crippen molar-refractivity contribution >= 4 is 22.9 Å². The number of carbonyl (C=O) groups excluding carboxylic acids is 2. The van der Waals surface area contributed by atoms with Crippen LogP contribution < -0.4 is 14.9 Å². The molecular formula is C23H15NO7. The van der Waals surface area contributed by atoms with Gasteiger partial charge in [-0.2, -0.15) is 0 Å². The Morgan fingerprint density at radius 3 is 2.42 bits per heavy atom. The number of rotatable bonds is 5. The van der Waals surface area contributed by atoms with E-state index in [2.05, 4.69) is 9.72 Å². The third kappa shape index (κ3) is 4.27. The molecule has 0 saturated carbocycles. The van der Waals surface area contributed by atoms with Crippen LogP contribution in [0.2, 0.25) is 0 Å². The molecule has 0 saturated heterocycles. The van der Waals surface area contributed by atoms with E-state index in [1.54, 1.807) is 18.3 Å². The number of aromatic nitrogens is 1. The van der Waals surface area contributed by atoms with E-state index in [-0.39, 0.29) is 22.5 Å². The van der Waals surface area contributed by atoms with Gasteiger partial charge in [0, 0.05) is 18.5 Å². The first kappa shape index (κ1) is 19.8. The third-order valence-electron chi connectivity index (χ3n) is 4.33. The highest BCUT2D eigenvalue weighted by molar-refractivity contribution is 5.91. The Morgan fingerprint density at radius 1 is 0.935 bits per heavy atom. The van der Waals surface area contributed by atoms with Gasteiger partial charge in [0.15, 0.2) is 0 Å². The van der Waals surface area contributed by atoms with Crippen LogP contribution in [-0.2, 0) is 4.74 Å². The fraction of sp³-hybridized carbons (Fsp3) is 0.0435. The van der Waals surface area contributed by atoms with Crippen LogP contribution in [0, 0.1) is 0 Å². The second-order valence-electron chi connectivity index (χ2n) is 6.34. The van der Waals surface area contributed by atoms with Crippen LogP contribution in [0.25, 0.3) is 11.0 Å². The predicted octanol–water partition coefficient (Wildman–Crippen LogP) is 3.99. The molecule has 31 heavy (non-hydrogen) atoms. The highest BCUT2D eigenvalue weighted by Gasteiger charge is 2.13. The zero-order valence-corrected chi connectivity index (χ0v) is 16.2. The SMILES string of the molecule is COC(=O)c1ccc(Oc2coc3cc(OC(=O)c4cccnc4)ccc3c2=O)cc1. The van der Waals surface area contributed by atoms with E-state index in [1.807, 2.05) is 0 Å². The first-order chi connectivity index (χ1) is 15.0. The van der Waals surface area contributed by atoms with Gasteiger partial charge in [-0.1, -0.05) is 0 Å². The Hall–Kier alpha value is -4.46. The van der Waals surface area contributed by atoms with E-state index in [0.29, 0.717) is 16.9 Å². The van der Waals surface area contributed by atoms with Crippen molar-refractivity contribution in [2.24, 2.45) is 0 Å². The molecule has 2 heterocycles. The predicted molar refractivity (Wildman–Crippen MR) is 110 cm³/mol. The highest BCUT2D eigenvalue weighted by Crippen LogP contribution is 2.25. The lowest BCUT2D eigenvalue weighted by Gasteiger charge is -2.08. The summed E-state index contributed by atoms with van der Waals surface area (Å²) in [6.07, 6.45) is 4.12. The zero-order chi connectivity index (χ0) is 21.8. The number of pyridine rings is 1. The van der Waals surface area contributed by atoms with Gasteiger partial charge in [-0.15, -0.1) is 0 Å². The molecule has 0 N–H and O–H groups in total. The number of benzene rings is 2. The maximum Gasteiger partial charge on any atom is 0.345 e. The average molecular weight is 417 g/mol. The van der Waals surface area contributed by atoms with Gasteiger partial charge in [0.25, 0.3) is 0 Å². The summed E-state index contributed by atoms with van der Waals surface area (Å²) in [5, 5.41) is 0.254. The van der Waals surface area contributed by atoms with Crippen molar-refractivity contribution in [1.82, 2.24) is 4.98 Å². The van der Waals surface area contributed by atoms with E-state index in [9.17, 15) is 14.4 Å². The molecule has 0 fully saturated rings. The van der Waals surface area contributed by atoms with Gasteiger partial charge >= 0.3 is 11.9 Å². The van der Waals surface area contributed by atoms with Crippen LogP contribution in [0.5, 0.6) is 17.2 Å². The number of esters is 2. The minimum absolute atomic E-state index is 0.0292. The van der Waals surface area contributed by atoms with Crippen molar-refractivity contribution in [3.63, 3.8) is 0 Å². The maximum absolute atomic E-state index is 12.7. The van der Waals surface area contributed by atoms with Crippen LogP contribution in [-0.4, -0.2) is 24.0 Å². The van der Waals surface area contributed by atoms with E-state index >= 15 is 0 Å². The largest absolute Gasteiger partial charge is 0.465 e. The molecule has 4 aromatic rings. The van der Waals surface area contributed by atoms with Crippen LogP contribution in [0.1, 0.15) is 20.7 Å². The molecular weight excluding hydrogens is 402 g/mol. The lowest BCUT2D eigenvalue weighted by Crippen LogP contribution is -2.09. The maximum atomic E-state index is 12.7. The van der Waals surface area contributed by atoms with Gasteiger partial charge in [-0.25, -0.2) is 9.59 Å². The van der Waals surface area contributed by atoms with Crippen LogP contribution >= 0.6 is 0 Å². The monoisotopic (exact) mass is 417 g/mol. The minimum Gasteiger partial charge on any atom is -0.465 e. The number of methoxy groups -OCH3 is 1. The molecule has 4 rings (SSSR count). The van der Waals surface area contributed by atoms with E-state index < -0.39 is 17.4 Å². The molecule has 0 bridgehead atoms. The molecule has 2 aromatic carbocycles. The fourth-order valence-corrected chi connectivity index (χ4v) is 2.78. The Balaban J connectivity index is 1.55. The first-order valence-corrected chi connectivity index (χ1v) is 9.09. The van der Waals surface area contributed by atoms with Crippen LogP contribution in [0.3, 0.4) is 0 Å². The summed E-state index contributed by atoms with van der Waals surface area (Å²) in [4.78, 5) is 40.3. The third-order valence-corrected chi connectivity index (χ3v) is 4.33. The summed E-state index contributed by atoms with van der Waals surface area (Å²) in [5.41, 5.74) is 0.484. The summed E-state index contributed by atoms with van der Waals surface area (Å²) in [6.45, 7) is 0. The van der Waals surface area contributed by atoms with Gasteiger partial charge in [-0.05, 0) is 48.5 Å². The number of nitrogens with zero attached hydrogens (tertiary/aromatic N) is 1. The summed E-state index contributed by atoms with van der Waals surface area (Å²) in [7, 11) is 1.29. The van der Waals surface area contributed by atoms with Gasteiger partial charge in [0.05, 0.1) is 23.6 Å². The summed E-state index contributed by atoms with van der Waals surface area (Å²) >= 11 is 0. The van der Waals surface area contributed by atoms with Gasteiger partial charge in [0.1, 0.15) is 23.3 Å². The second-order valence-corrected chi connectivity index (χ2v) is 6.34. The Labute approximate surface area is 175 Å². The summed E-state index contributed by atoms with van der Waals surface area (Å²) < 4.78 is 21.0. The Kier molecular flexibility index (Phi) is 5.44. The van der Waals surface area contributed by atoms with Crippen molar-refractivity contribution in [2.45, 2.75) is 0 Å². The molecule has 0 aliphatic rings. The quantitative estimate of drug-likeness (QED) is 0.355. The van der Waals surface area contributed by atoms with E-state index in [1.165, 1.54) is 62.0 Å². The molecule has 0 amide bonds. The molecule has 0 radical (unpaired) electrons. The summed E-state index contributed by atoms with van der Waals surface area (Å²) in [6, 6.07) is 13.7. The Bertz CT molecular complexity index is 1310. The molecule has 2 aromatic heterocycles. The molecule has 0 unspecified atom stereocenters. The van der Waals surface area contributed by atoms with Gasteiger partial charge in [0.2, 0.25) is 11.2 Å². The van der Waals surface area contributed by atoms with Crippen molar-refractivity contribution in [3.05, 3.63) is 94.6 Å². The molecule has 8 nitrogen and oxygen atoms in total. The molecule has 0 aliphatic carbocycles. The van der Waals surface area contributed by atoms with Crippen molar-refractivity contribution in [1.29, 1.82) is 0 Å². The molecule has 8 heteroatoms. The standard InChI is InChI=1S/C23H15NO7/c1-28-22(26)14-4-6-16(7-5-14)30-20-13-29-19-11-17(8-9-18(19)21(20)25)31-23(27)15-3-2-10-24-12-15/h2-13H,1H3. The van der Waals surface area contributed by atoms with Gasteiger partial charge in [-0.3, -0.25) is 9.78 Å². The lowest BCUT2D eigenvalue weighted by atomic mass is 10.2. The normalized spacial score (nSPS) is 10.5. The molecule has 0 atom stereocenters. The van der Waals surface area contributed by atoms with Crippen molar-refractivity contribution < 1.29 is 28.2 Å². The Morgan fingerprint density at radius 2 is 1.71 bits per heavy atom. The zero-order valence-electron chi connectivity index (χ0n) is 16.2.